The van der Waals surface area contributed by atoms with E-state index in [9.17, 15) is 4.79 Å². The van der Waals surface area contributed by atoms with Crippen LogP contribution in [0.5, 0.6) is 11.5 Å². The zero-order chi connectivity index (χ0) is 27.4. The van der Waals surface area contributed by atoms with E-state index in [0.717, 1.165) is 25.0 Å². The highest BCUT2D eigenvalue weighted by Crippen LogP contribution is 2.37. The van der Waals surface area contributed by atoms with Crippen LogP contribution < -0.4 is 25.8 Å². The second-order valence-electron chi connectivity index (χ2n) is 8.86. The maximum Gasteiger partial charge on any atom is 0.247 e. The lowest BCUT2D eigenvalue weighted by Gasteiger charge is -2.20. The number of nitrogens with one attached hydrogen (secondary N) is 2. The zero-order valence-electron chi connectivity index (χ0n) is 21.2. The van der Waals surface area contributed by atoms with Gasteiger partial charge in [-0.1, -0.05) is 25.3 Å². The summed E-state index contributed by atoms with van der Waals surface area (Å²) >= 11 is 0. The van der Waals surface area contributed by atoms with Gasteiger partial charge in [0, 0.05) is 12.6 Å². The molecule has 1 heterocycles. The van der Waals surface area contributed by atoms with Gasteiger partial charge in [-0.25, -0.2) is 13.8 Å². The van der Waals surface area contributed by atoms with Gasteiger partial charge >= 0.3 is 0 Å². The average molecular weight is 522 g/mol. The van der Waals surface area contributed by atoms with Crippen LogP contribution in [0.3, 0.4) is 0 Å². The highest BCUT2D eigenvalue weighted by atomic mass is 19.1. The summed E-state index contributed by atoms with van der Waals surface area (Å²) in [4.78, 5) is 20.9. The number of carbonyl (C=O) groups is 1. The van der Waals surface area contributed by atoms with E-state index in [-0.39, 0.29) is 35.2 Å². The molecule has 38 heavy (non-hydrogen) atoms. The maximum atomic E-state index is 15.2. The molecule has 0 radical (unpaired) electrons. The van der Waals surface area contributed by atoms with Gasteiger partial charge in [0.15, 0.2) is 29.0 Å². The van der Waals surface area contributed by atoms with Crippen molar-refractivity contribution < 1.29 is 23.0 Å². The number of benzene rings is 2. The molecule has 4 rings (SSSR count). The fourth-order valence-electron chi connectivity index (χ4n) is 3.90. The van der Waals surface area contributed by atoms with Crippen LogP contribution in [0.1, 0.15) is 24.0 Å². The van der Waals surface area contributed by atoms with Crippen LogP contribution in [0.4, 0.5) is 20.2 Å². The summed E-state index contributed by atoms with van der Waals surface area (Å²) in [7, 11) is 2.57. The number of hydrogen-bond acceptors (Lipinski definition) is 7. The third-order valence-electron chi connectivity index (χ3n) is 6.20. The predicted molar refractivity (Wildman–Crippen MR) is 146 cm³/mol. The molecule has 1 aliphatic carbocycles. The monoisotopic (exact) mass is 521 g/mol. The fraction of sp³-hybridized carbons (Fsp3) is 0.250. The molecule has 0 aromatic heterocycles. The van der Waals surface area contributed by atoms with Gasteiger partial charge in [-0.05, 0) is 48.1 Å². The van der Waals surface area contributed by atoms with Gasteiger partial charge in [0.2, 0.25) is 5.91 Å². The minimum absolute atomic E-state index is 0.0214. The van der Waals surface area contributed by atoms with Crippen molar-refractivity contribution in [2.45, 2.75) is 19.4 Å². The van der Waals surface area contributed by atoms with Crippen molar-refractivity contribution in [3.8, 4) is 11.5 Å². The molecule has 2 aromatic carbocycles. The molecule has 0 saturated heterocycles. The molecule has 198 valence electrons. The van der Waals surface area contributed by atoms with Crippen LogP contribution in [0, 0.1) is 17.6 Å². The smallest absolute Gasteiger partial charge is 0.247 e. The van der Waals surface area contributed by atoms with E-state index < -0.39 is 11.6 Å². The lowest BCUT2D eigenvalue weighted by Crippen LogP contribution is -2.35. The normalized spacial score (nSPS) is 16.0. The highest BCUT2D eigenvalue weighted by Gasteiger charge is 2.28. The summed E-state index contributed by atoms with van der Waals surface area (Å²) in [6.07, 6.45) is 4.80. The first kappa shape index (κ1) is 26.6. The lowest BCUT2D eigenvalue weighted by atomic mass is 10.0. The Labute approximate surface area is 219 Å². The predicted octanol–water partition coefficient (Wildman–Crippen LogP) is 4.64. The highest BCUT2D eigenvalue weighted by molar-refractivity contribution is 6.49. The van der Waals surface area contributed by atoms with E-state index in [1.54, 1.807) is 18.2 Å². The van der Waals surface area contributed by atoms with Crippen LogP contribution in [-0.4, -0.2) is 38.2 Å². The molecule has 2 aromatic rings. The molecule has 8 nitrogen and oxygen atoms in total. The van der Waals surface area contributed by atoms with Crippen molar-refractivity contribution in [2.24, 2.45) is 15.9 Å². The first-order valence-corrected chi connectivity index (χ1v) is 12.0. The number of aliphatic imine (C=N–C) groups is 2. The second-order valence-corrected chi connectivity index (χ2v) is 8.86. The van der Waals surface area contributed by atoms with E-state index in [4.69, 9.17) is 15.2 Å². The van der Waals surface area contributed by atoms with Gasteiger partial charge in [0.05, 0.1) is 43.4 Å². The number of carbonyl (C=O) groups excluding carboxylic acids is 1. The van der Waals surface area contributed by atoms with Gasteiger partial charge in [0.1, 0.15) is 5.71 Å². The molecule has 2 aliphatic rings. The summed E-state index contributed by atoms with van der Waals surface area (Å²) in [5.74, 6) is -1.70. The van der Waals surface area contributed by atoms with E-state index in [1.807, 2.05) is 0 Å². The number of methoxy groups -OCH3 is 2. The molecule has 0 spiro atoms. The molecule has 0 unspecified atom stereocenters. The van der Waals surface area contributed by atoms with Crippen LogP contribution in [0.25, 0.3) is 5.70 Å². The Morgan fingerprint density at radius 1 is 1.24 bits per heavy atom. The minimum atomic E-state index is -0.901. The van der Waals surface area contributed by atoms with Crippen molar-refractivity contribution in [1.82, 2.24) is 5.32 Å². The van der Waals surface area contributed by atoms with E-state index in [2.05, 4.69) is 33.8 Å². The number of nitrogens with zero attached hydrogens (tertiary/aromatic N) is 2. The molecule has 4 N–H and O–H groups in total. The molecule has 0 atom stereocenters. The minimum Gasteiger partial charge on any atom is -0.494 e. The largest absolute Gasteiger partial charge is 0.494 e. The van der Waals surface area contributed by atoms with Crippen molar-refractivity contribution in [2.75, 3.05) is 31.8 Å². The molecular weight excluding hydrogens is 492 g/mol. The summed E-state index contributed by atoms with van der Waals surface area (Å²) in [6, 6.07) is 6.36. The number of para-hydroxylation sites is 1. The first-order valence-electron chi connectivity index (χ1n) is 12.0. The Morgan fingerprint density at radius 2 is 1.92 bits per heavy atom. The first-order chi connectivity index (χ1) is 18.3. The number of nitrogen functional groups attached to an aromatic ring is 1. The Hall–Kier alpha value is -4.47. The standard InChI is InChI=1S/C28H29F2N5O3/c1-5-22(36)34-18-8-6-7-17(26(18)31)14-32-27-15(2)11-19(35-28(27)33-13-16-9-10-16)23-24(29)20(37-3)12-21(38-4)25(23)30/h5-8,11-12,16H,1-2,9-10,13-14,31H2,3-4H3,(H,33,35)(H,34,36)/b32-27-. The number of amidine groups is 1. The van der Waals surface area contributed by atoms with Crippen molar-refractivity contribution in [1.29, 1.82) is 0 Å². The average Bonchev–Trinajstić information content (AvgIpc) is 3.73. The number of anilines is 2. The number of ether oxygens (including phenoxy) is 2. The number of hydrogen-bond donors (Lipinski definition) is 3. The van der Waals surface area contributed by atoms with Crippen LogP contribution in [0.15, 0.2) is 65.1 Å². The molecule has 0 bridgehead atoms. The van der Waals surface area contributed by atoms with Gasteiger partial charge in [-0.3, -0.25) is 9.79 Å². The molecule has 1 amide bonds. The quantitative estimate of drug-likeness (QED) is 0.329. The number of rotatable bonds is 9. The van der Waals surface area contributed by atoms with Crippen LogP contribution in [-0.2, 0) is 11.3 Å². The molecular formula is C28H29F2N5O3. The van der Waals surface area contributed by atoms with E-state index in [1.165, 1.54) is 20.3 Å². The van der Waals surface area contributed by atoms with Gasteiger partial charge in [-0.15, -0.1) is 0 Å². The van der Waals surface area contributed by atoms with Crippen molar-refractivity contribution in [3.05, 3.63) is 77.9 Å². The fourth-order valence-corrected chi connectivity index (χ4v) is 3.90. The SMILES string of the molecule is C=CC(=O)Nc1cccc(C/N=C2/C(=C)C=C(c3c(F)c(OC)cc(OC)c3F)N=C2NCC2CC2)c1N. The van der Waals surface area contributed by atoms with Gasteiger partial charge < -0.3 is 25.8 Å². The Balaban J connectivity index is 1.71. The maximum absolute atomic E-state index is 15.2. The lowest BCUT2D eigenvalue weighted by molar-refractivity contribution is -0.111. The van der Waals surface area contributed by atoms with Crippen molar-refractivity contribution >= 4 is 34.5 Å². The summed E-state index contributed by atoms with van der Waals surface area (Å²) in [5, 5.41) is 5.93. The molecule has 1 aliphatic heterocycles. The van der Waals surface area contributed by atoms with Crippen LogP contribution in [0.2, 0.25) is 0 Å². The Bertz CT molecular complexity index is 1370. The number of halogens is 2. The van der Waals surface area contributed by atoms with Crippen molar-refractivity contribution in [3.63, 3.8) is 0 Å². The number of allylic oxidation sites excluding steroid dienone is 1. The number of nitrogens with two attached hydrogens (primary N) is 1. The van der Waals surface area contributed by atoms with Gasteiger partial charge in [-0.2, -0.15) is 0 Å². The Morgan fingerprint density at radius 3 is 2.53 bits per heavy atom. The van der Waals surface area contributed by atoms with Crippen LogP contribution >= 0.6 is 0 Å². The molecule has 1 fully saturated rings. The topological polar surface area (TPSA) is 110 Å². The Kier molecular flexibility index (Phi) is 7.90. The summed E-state index contributed by atoms with van der Waals surface area (Å²) in [6.45, 7) is 8.31. The molecule has 1 saturated carbocycles. The van der Waals surface area contributed by atoms with E-state index in [0.29, 0.717) is 46.5 Å². The zero-order valence-corrected chi connectivity index (χ0v) is 21.2. The summed E-state index contributed by atoms with van der Waals surface area (Å²) in [5.41, 5.74) is 8.20. The second kappa shape index (κ2) is 11.3. The number of amides is 1. The third-order valence-corrected chi connectivity index (χ3v) is 6.20. The third kappa shape index (κ3) is 5.59. The molecule has 10 heteroatoms. The van der Waals surface area contributed by atoms with Gasteiger partial charge in [0.25, 0.3) is 0 Å². The summed E-state index contributed by atoms with van der Waals surface area (Å²) < 4.78 is 40.6. The van der Waals surface area contributed by atoms with E-state index >= 15 is 8.78 Å².